The van der Waals surface area contributed by atoms with Crippen LogP contribution in [0.25, 0.3) is 0 Å². The molecule has 0 aliphatic carbocycles. The molecule has 2 aromatic carbocycles. The van der Waals surface area contributed by atoms with Crippen LogP contribution in [-0.2, 0) is 20.7 Å². The van der Waals surface area contributed by atoms with Crippen LogP contribution in [0, 0.1) is 0 Å². The van der Waals surface area contributed by atoms with Crippen LogP contribution in [-0.4, -0.2) is 18.1 Å². The van der Waals surface area contributed by atoms with Crippen LogP contribution in [0.3, 0.4) is 0 Å². The van der Waals surface area contributed by atoms with E-state index in [4.69, 9.17) is 17.0 Å². The van der Waals surface area contributed by atoms with Crippen molar-refractivity contribution in [2.45, 2.75) is 18.1 Å². The summed E-state index contributed by atoms with van der Waals surface area (Å²) in [6.07, 6.45) is 0. The van der Waals surface area contributed by atoms with Gasteiger partial charge in [-0.3, -0.25) is 4.79 Å². The molecule has 0 radical (unpaired) electrons. The SMILES string of the molecule is CN1C(=O)[C@]2(NC(=S)O[C@@]2(C)c2ccccc2)c2ccccc21. The highest BCUT2D eigenvalue weighted by atomic mass is 32.1. The van der Waals surface area contributed by atoms with Crippen molar-refractivity contribution < 1.29 is 9.53 Å². The van der Waals surface area contributed by atoms with E-state index in [9.17, 15) is 4.79 Å². The summed E-state index contributed by atoms with van der Waals surface area (Å²) in [4.78, 5) is 14.9. The smallest absolute Gasteiger partial charge is 0.261 e. The number of carbonyl (C=O) groups is 1. The van der Waals surface area contributed by atoms with Gasteiger partial charge in [-0.25, -0.2) is 0 Å². The van der Waals surface area contributed by atoms with Gasteiger partial charge in [0.05, 0.1) is 0 Å². The van der Waals surface area contributed by atoms with Crippen molar-refractivity contribution in [1.82, 2.24) is 5.32 Å². The molecule has 4 nitrogen and oxygen atoms in total. The average molecular weight is 324 g/mol. The quantitative estimate of drug-likeness (QED) is 0.819. The number of benzene rings is 2. The van der Waals surface area contributed by atoms with Crippen LogP contribution < -0.4 is 10.2 Å². The standard InChI is InChI=1S/C18H16N2O2S/c1-17(12-8-4-3-5-9-12)18(19-16(23)22-17)13-10-6-7-11-14(13)20(2)15(18)21/h3-11H,1-2H3,(H,19,23)/t17-,18+/m0/s1. The normalized spacial score (nSPS) is 28.7. The first-order chi connectivity index (χ1) is 11.0. The number of para-hydroxylation sites is 1. The lowest BCUT2D eigenvalue weighted by atomic mass is 9.73. The number of carbonyl (C=O) groups excluding carboxylic acids is 1. The lowest BCUT2D eigenvalue weighted by molar-refractivity contribution is -0.129. The Kier molecular flexibility index (Phi) is 2.81. The topological polar surface area (TPSA) is 41.6 Å². The molecule has 1 N–H and O–H groups in total. The van der Waals surface area contributed by atoms with Gasteiger partial charge >= 0.3 is 0 Å². The number of fused-ring (bicyclic) bond motifs is 2. The molecule has 2 aliphatic rings. The summed E-state index contributed by atoms with van der Waals surface area (Å²) in [7, 11) is 1.78. The van der Waals surface area contributed by atoms with Crippen molar-refractivity contribution in [3.05, 3.63) is 65.7 Å². The Morgan fingerprint density at radius 3 is 2.48 bits per heavy atom. The zero-order valence-electron chi connectivity index (χ0n) is 12.9. The minimum absolute atomic E-state index is 0.0649. The van der Waals surface area contributed by atoms with Crippen molar-refractivity contribution in [2.24, 2.45) is 0 Å². The summed E-state index contributed by atoms with van der Waals surface area (Å²) in [6, 6.07) is 17.5. The molecular formula is C18H16N2O2S. The number of ether oxygens (including phenoxy) is 1. The van der Waals surface area contributed by atoms with E-state index in [0.717, 1.165) is 16.8 Å². The number of hydrogen-bond donors (Lipinski definition) is 1. The van der Waals surface area contributed by atoms with E-state index in [1.165, 1.54) is 0 Å². The Hall–Kier alpha value is -2.40. The second-order valence-corrected chi connectivity index (χ2v) is 6.42. The average Bonchev–Trinajstić information content (AvgIpc) is 2.97. The molecule has 2 heterocycles. The van der Waals surface area contributed by atoms with Crippen LogP contribution in [0.4, 0.5) is 5.69 Å². The summed E-state index contributed by atoms with van der Waals surface area (Å²) in [5, 5.41) is 3.42. The number of nitrogens with one attached hydrogen (secondary N) is 1. The lowest BCUT2D eigenvalue weighted by Gasteiger charge is -2.37. The Labute approximate surface area is 140 Å². The first-order valence-corrected chi connectivity index (χ1v) is 7.86. The van der Waals surface area contributed by atoms with Gasteiger partial charge in [0.2, 0.25) is 0 Å². The molecule has 116 valence electrons. The molecule has 0 bridgehead atoms. The Morgan fingerprint density at radius 2 is 1.74 bits per heavy atom. The van der Waals surface area contributed by atoms with Crippen molar-refractivity contribution >= 4 is 29.0 Å². The van der Waals surface area contributed by atoms with E-state index in [-0.39, 0.29) is 11.1 Å². The maximum Gasteiger partial charge on any atom is 0.261 e. The highest BCUT2D eigenvalue weighted by molar-refractivity contribution is 7.80. The number of rotatable bonds is 1. The third-order valence-electron chi connectivity index (χ3n) is 4.92. The van der Waals surface area contributed by atoms with E-state index in [1.807, 2.05) is 61.5 Å². The second kappa shape index (κ2) is 4.55. The van der Waals surface area contributed by atoms with Crippen molar-refractivity contribution in [3.8, 4) is 0 Å². The van der Waals surface area contributed by atoms with Crippen molar-refractivity contribution in [3.63, 3.8) is 0 Å². The third-order valence-corrected chi connectivity index (χ3v) is 5.11. The van der Waals surface area contributed by atoms with Gasteiger partial charge in [0.1, 0.15) is 0 Å². The first kappa shape index (κ1) is 14.2. The molecule has 1 fully saturated rings. The predicted molar refractivity (Wildman–Crippen MR) is 92.1 cm³/mol. The monoisotopic (exact) mass is 324 g/mol. The van der Waals surface area contributed by atoms with Gasteiger partial charge in [0, 0.05) is 18.3 Å². The largest absolute Gasteiger partial charge is 0.456 e. The Morgan fingerprint density at radius 1 is 1.09 bits per heavy atom. The van der Waals surface area contributed by atoms with Crippen molar-refractivity contribution in [1.29, 1.82) is 0 Å². The third kappa shape index (κ3) is 1.60. The first-order valence-electron chi connectivity index (χ1n) is 7.45. The minimum atomic E-state index is -1.04. The molecular weight excluding hydrogens is 308 g/mol. The van der Waals surface area contributed by atoms with Gasteiger partial charge in [0.15, 0.2) is 11.1 Å². The molecule has 0 saturated carbocycles. The molecule has 1 amide bonds. The van der Waals surface area contributed by atoms with E-state index in [1.54, 1.807) is 11.9 Å². The van der Waals surface area contributed by atoms with Crippen LogP contribution in [0.2, 0.25) is 0 Å². The molecule has 4 rings (SSSR count). The fourth-order valence-electron chi connectivity index (χ4n) is 3.73. The Balaban J connectivity index is 2.03. The molecule has 2 atom stereocenters. The molecule has 2 aliphatic heterocycles. The maximum atomic E-state index is 13.2. The number of amides is 1. The molecule has 1 saturated heterocycles. The minimum Gasteiger partial charge on any atom is -0.456 e. The molecule has 0 unspecified atom stereocenters. The summed E-state index contributed by atoms with van der Waals surface area (Å²) >= 11 is 5.29. The molecule has 1 spiro atoms. The number of hydrogen-bond acceptors (Lipinski definition) is 3. The van der Waals surface area contributed by atoms with Gasteiger partial charge in [-0.15, -0.1) is 0 Å². The Bertz CT molecular complexity index is 823. The van der Waals surface area contributed by atoms with Gasteiger partial charge in [-0.2, -0.15) is 0 Å². The number of thiocarbonyl (C=S) groups is 1. The van der Waals surface area contributed by atoms with Crippen LogP contribution >= 0.6 is 12.2 Å². The number of nitrogens with zero attached hydrogens (tertiary/aromatic N) is 1. The van der Waals surface area contributed by atoms with Gasteiger partial charge in [-0.05, 0) is 30.8 Å². The molecule has 5 heteroatoms. The predicted octanol–water partition coefficient (Wildman–Crippen LogP) is 2.68. The summed E-state index contributed by atoms with van der Waals surface area (Å²) in [5.41, 5.74) is 0.713. The van der Waals surface area contributed by atoms with Crippen molar-refractivity contribution in [2.75, 3.05) is 11.9 Å². The van der Waals surface area contributed by atoms with Gasteiger partial charge in [-0.1, -0.05) is 48.5 Å². The fraction of sp³-hybridized carbons (Fsp3) is 0.222. The van der Waals surface area contributed by atoms with E-state index in [2.05, 4.69) is 5.32 Å². The highest BCUT2D eigenvalue weighted by Crippen LogP contribution is 2.54. The second-order valence-electron chi connectivity index (χ2n) is 6.05. The fourth-order valence-corrected chi connectivity index (χ4v) is 4.05. The van der Waals surface area contributed by atoms with E-state index < -0.39 is 11.1 Å². The van der Waals surface area contributed by atoms with Gasteiger partial charge < -0.3 is 15.0 Å². The summed E-state index contributed by atoms with van der Waals surface area (Å²) in [5.74, 6) is -0.0649. The number of anilines is 1. The highest BCUT2D eigenvalue weighted by Gasteiger charge is 2.67. The molecule has 0 aromatic heterocycles. The van der Waals surface area contributed by atoms with Crippen LogP contribution in [0.5, 0.6) is 0 Å². The summed E-state index contributed by atoms with van der Waals surface area (Å²) < 4.78 is 6.02. The molecule has 23 heavy (non-hydrogen) atoms. The number of likely N-dealkylation sites (N-methyl/N-ethyl adjacent to an activating group) is 1. The maximum absolute atomic E-state index is 13.2. The van der Waals surface area contributed by atoms with E-state index >= 15 is 0 Å². The zero-order chi connectivity index (χ0) is 16.2. The van der Waals surface area contributed by atoms with E-state index in [0.29, 0.717) is 0 Å². The lowest BCUT2D eigenvalue weighted by Crippen LogP contribution is -2.57. The molecule has 2 aromatic rings. The van der Waals surface area contributed by atoms with Crippen LogP contribution in [0.15, 0.2) is 54.6 Å². The van der Waals surface area contributed by atoms with Gasteiger partial charge in [0.25, 0.3) is 11.1 Å². The zero-order valence-corrected chi connectivity index (χ0v) is 13.7. The van der Waals surface area contributed by atoms with Crippen LogP contribution in [0.1, 0.15) is 18.1 Å². The summed E-state index contributed by atoms with van der Waals surface area (Å²) in [6.45, 7) is 1.92.